The molecule has 1 aromatic heterocycles. The first kappa shape index (κ1) is 22.8. The highest BCUT2D eigenvalue weighted by molar-refractivity contribution is 7.89. The molecule has 0 spiro atoms. The van der Waals surface area contributed by atoms with Crippen molar-refractivity contribution < 1.29 is 31.8 Å². The van der Waals surface area contributed by atoms with Crippen molar-refractivity contribution in [3.05, 3.63) is 64.2 Å². The molecule has 1 fully saturated rings. The maximum absolute atomic E-state index is 14.5. The van der Waals surface area contributed by atoms with Gasteiger partial charge < -0.3 is 23.9 Å². The Bertz CT molecular complexity index is 1370. The molecular weight excluding hydrogens is 467 g/mol. The summed E-state index contributed by atoms with van der Waals surface area (Å²) >= 11 is 0. The van der Waals surface area contributed by atoms with Gasteiger partial charge in [-0.25, -0.2) is 12.8 Å². The van der Waals surface area contributed by atoms with Crippen molar-refractivity contribution in [2.75, 3.05) is 39.6 Å². The lowest BCUT2D eigenvalue weighted by Crippen LogP contribution is -2.43. The van der Waals surface area contributed by atoms with Crippen molar-refractivity contribution in [2.24, 2.45) is 0 Å². The van der Waals surface area contributed by atoms with Gasteiger partial charge in [0.2, 0.25) is 10.0 Å². The van der Waals surface area contributed by atoms with Crippen molar-refractivity contribution in [1.29, 1.82) is 0 Å². The van der Waals surface area contributed by atoms with E-state index in [0.717, 1.165) is 10.4 Å². The van der Waals surface area contributed by atoms with Crippen LogP contribution in [0.2, 0.25) is 0 Å². The van der Waals surface area contributed by atoms with Crippen molar-refractivity contribution in [3.63, 3.8) is 0 Å². The zero-order chi connectivity index (χ0) is 23.7. The smallest absolute Gasteiger partial charge is 0.252 e. The molecule has 3 aromatic rings. The SMILES string of the molecule is O=c1[nH]c2cc3c(cc2cc1CN(C[C@H]1COCCO1)S(=O)(=O)c1ccccc1F)OCCO3. The van der Waals surface area contributed by atoms with Crippen molar-refractivity contribution in [3.8, 4) is 11.5 Å². The lowest BCUT2D eigenvalue weighted by molar-refractivity contribution is -0.0923. The second-order valence-electron chi connectivity index (χ2n) is 8.00. The van der Waals surface area contributed by atoms with Gasteiger partial charge in [0.25, 0.3) is 5.56 Å². The summed E-state index contributed by atoms with van der Waals surface area (Å²) in [7, 11) is -4.29. The Labute approximate surface area is 195 Å². The maximum atomic E-state index is 14.5. The van der Waals surface area contributed by atoms with E-state index in [1.165, 1.54) is 18.2 Å². The molecule has 3 heterocycles. The molecule has 0 saturated carbocycles. The highest BCUT2D eigenvalue weighted by atomic mass is 32.2. The number of fused-ring (bicyclic) bond motifs is 2. The number of H-pyrrole nitrogens is 1. The normalized spacial score (nSPS) is 18.4. The molecule has 0 amide bonds. The number of nitrogens with zero attached hydrogens (tertiary/aromatic N) is 1. The van der Waals surface area contributed by atoms with Gasteiger partial charge in [0.05, 0.1) is 31.4 Å². The highest BCUT2D eigenvalue weighted by Crippen LogP contribution is 2.34. The van der Waals surface area contributed by atoms with E-state index in [9.17, 15) is 17.6 Å². The molecule has 0 radical (unpaired) electrons. The van der Waals surface area contributed by atoms with E-state index in [0.29, 0.717) is 48.8 Å². The third-order valence-corrected chi connectivity index (χ3v) is 7.52. The van der Waals surface area contributed by atoms with Crippen LogP contribution in [0.1, 0.15) is 5.56 Å². The van der Waals surface area contributed by atoms with Crippen LogP contribution in [-0.4, -0.2) is 63.4 Å². The number of pyridine rings is 1. The number of halogens is 1. The molecule has 180 valence electrons. The molecule has 5 rings (SSSR count). The second-order valence-corrected chi connectivity index (χ2v) is 9.91. The molecule has 2 aliphatic rings. The molecular formula is C23H23FN2O7S. The fraction of sp³-hybridized carbons (Fsp3) is 0.348. The van der Waals surface area contributed by atoms with Gasteiger partial charge in [-0.2, -0.15) is 4.31 Å². The Morgan fingerprint density at radius 3 is 2.53 bits per heavy atom. The van der Waals surface area contributed by atoms with E-state index in [1.54, 1.807) is 18.2 Å². The van der Waals surface area contributed by atoms with Gasteiger partial charge in [-0.15, -0.1) is 0 Å². The van der Waals surface area contributed by atoms with E-state index in [-0.39, 0.29) is 25.3 Å². The van der Waals surface area contributed by atoms with Crippen LogP contribution < -0.4 is 15.0 Å². The molecule has 1 N–H and O–H groups in total. The zero-order valence-electron chi connectivity index (χ0n) is 18.2. The summed E-state index contributed by atoms with van der Waals surface area (Å²) in [6.45, 7) is 1.37. The van der Waals surface area contributed by atoms with Crippen LogP contribution in [0.5, 0.6) is 11.5 Å². The van der Waals surface area contributed by atoms with Gasteiger partial charge in [-0.1, -0.05) is 12.1 Å². The Morgan fingerprint density at radius 2 is 1.79 bits per heavy atom. The third-order valence-electron chi connectivity index (χ3n) is 5.68. The summed E-state index contributed by atoms with van der Waals surface area (Å²) < 4.78 is 64.6. The Kier molecular flexibility index (Phi) is 6.26. The fourth-order valence-corrected chi connectivity index (χ4v) is 5.52. The summed E-state index contributed by atoms with van der Waals surface area (Å²) in [5, 5.41) is 0.652. The van der Waals surface area contributed by atoms with E-state index < -0.39 is 32.4 Å². The molecule has 11 heteroatoms. The van der Waals surface area contributed by atoms with Crippen molar-refractivity contribution >= 4 is 20.9 Å². The van der Waals surface area contributed by atoms with Gasteiger partial charge in [0.1, 0.15) is 23.9 Å². The van der Waals surface area contributed by atoms with Crippen LogP contribution >= 0.6 is 0 Å². The highest BCUT2D eigenvalue weighted by Gasteiger charge is 2.31. The first-order valence-corrected chi connectivity index (χ1v) is 12.3. The number of aromatic nitrogens is 1. The lowest BCUT2D eigenvalue weighted by atomic mass is 10.1. The molecule has 9 nitrogen and oxygen atoms in total. The van der Waals surface area contributed by atoms with Crippen LogP contribution in [0, 0.1) is 5.82 Å². The van der Waals surface area contributed by atoms with Crippen LogP contribution in [0.4, 0.5) is 4.39 Å². The third kappa shape index (κ3) is 4.51. The number of benzene rings is 2. The monoisotopic (exact) mass is 490 g/mol. The number of aromatic amines is 1. The summed E-state index contributed by atoms with van der Waals surface area (Å²) in [5.74, 6) is 0.199. The van der Waals surface area contributed by atoms with Crippen LogP contribution in [0.25, 0.3) is 10.9 Å². The summed E-state index contributed by atoms with van der Waals surface area (Å²) in [5.41, 5.74) is 0.269. The largest absolute Gasteiger partial charge is 0.486 e. The molecule has 0 aliphatic carbocycles. The Balaban J connectivity index is 1.53. The van der Waals surface area contributed by atoms with Crippen LogP contribution in [-0.2, 0) is 26.0 Å². The predicted octanol–water partition coefficient (Wildman–Crippen LogP) is 2.04. The average molecular weight is 491 g/mol. The van der Waals surface area contributed by atoms with E-state index >= 15 is 0 Å². The molecule has 34 heavy (non-hydrogen) atoms. The first-order valence-electron chi connectivity index (χ1n) is 10.8. The Morgan fingerprint density at radius 1 is 1.03 bits per heavy atom. The minimum Gasteiger partial charge on any atom is -0.486 e. The first-order chi connectivity index (χ1) is 16.4. The quantitative estimate of drug-likeness (QED) is 0.564. The number of sulfonamides is 1. The second kappa shape index (κ2) is 9.34. The fourth-order valence-electron chi connectivity index (χ4n) is 4.01. The minimum atomic E-state index is -4.29. The van der Waals surface area contributed by atoms with Crippen LogP contribution in [0.3, 0.4) is 0 Å². The molecule has 0 unspecified atom stereocenters. The molecule has 1 atom stereocenters. The van der Waals surface area contributed by atoms with Gasteiger partial charge in [0, 0.05) is 30.1 Å². The lowest BCUT2D eigenvalue weighted by Gasteiger charge is -2.29. The molecule has 1 saturated heterocycles. The van der Waals surface area contributed by atoms with E-state index in [2.05, 4.69) is 4.98 Å². The summed E-state index contributed by atoms with van der Waals surface area (Å²) in [4.78, 5) is 15.2. The molecule has 0 bridgehead atoms. The standard InChI is InChI=1S/C23H23FN2O7S/c24-18-3-1-2-4-22(18)34(28,29)26(13-17-14-30-5-6-31-17)12-16-9-15-10-20-21(33-8-7-32-20)11-19(15)25-23(16)27/h1-4,9-11,17H,5-8,12-14H2,(H,25,27)/t17-/m0/s1. The zero-order valence-corrected chi connectivity index (χ0v) is 19.0. The number of hydrogen-bond donors (Lipinski definition) is 1. The molecule has 2 aromatic carbocycles. The van der Waals surface area contributed by atoms with E-state index in [4.69, 9.17) is 18.9 Å². The van der Waals surface area contributed by atoms with Gasteiger partial charge >= 0.3 is 0 Å². The maximum Gasteiger partial charge on any atom is 0.252 e. The number of nitrogens with one attached hydrogen (secondary N) is 1. The van der Waals surface area contributed by atoms with Crippen LogP contribution in [0.15, 0.2) is 52.2 Å². The average Bonchev–Trinajstić information content (AvgIpc) is 2.83. The predicted molar refractivity (Wildman–Crippen MR) is 120 cm³/mol. The van der Waals surface area contributed by atoms with Gasteiger partial charge in [0.15, 0.2) is 11.5 Å². The Hall–Kier alpha value is -2.99. The van der Waals surface area contributed by atoms with Crippen molar-refractivity contribution in [1.82, 2.24) is 9.29 Å². The van der Waals surface area contributed by atoms with Gasteiger partial charge in [-0.3, -0.25) is 4.79 Å². The topological polar surface area (TPSA) is 107 Å². The number of hydrogen-bond acceptors (Lipinski definition) is 7. The van der Waals surface area contributed by atoms with Crippen molar-refractivity contribution in [2.45, 2.75) is 17.5 Å². The summed E-state index contributed by atoms with van der Waals surface area (Å²) in [6.07, 6.45) is -0.549. The summed E-state index contributed by atoms with van der Waals surface area (Å²) in [6, 6.07) is 10.2. The number of rotatable bonds is 6. The van der Waals surface area contributed by atoms with Gasteiger partial charge in [-0.05, 0) is 24.3 Å². The van der Waals surface area contributed by atoms with E-state index in [1.807, 2.05) is 0 Å². The minimum absolute atomic E-state index is 0.102. The number of ether oxygens (including phenoxy) is 4. The molecule has 2 aliphatic heterocycles.